The van der Waals surface area contributed by atoms with E-state index < -0.39 is 0 Å². The summed E-state index contributed by atoms with van der Waals surface area (Å²) in [5, 5.41) is 0. The zero-order valence-corrected chi connectivity index (χ0v) is 13.6. The zero-order chi connectivity index (χ0) is 14.5. The Hall–Kier alpha value is -1.26. The molecule has 0 unspecified atom stereocenters. The first kappa shape index (κ1) is 17.8. The van der Waals surface area contributed by atoms with E-state index in [-0.39, 0.29) is 24.4 Å². The topological polar surface area (TPSA) is 55.6 Å². The number of carbonyl (C=O) groups is 1. The number of nitrogens with two attached hydrogens (primary N) is 1. The molecule has 0 spiro atoms. The molecular formula is C16H25ClN2O2. The van der Waals surface area contributed by atoms with Gasteiger partial charge >= 0.3 is 0 Å². The van der Waals surface area contributed by atoms with E-state index in [1.807, 2.05) is 29.2 Å². The Morgan fingerprint density at radius 2 is 2.05 bits per heavy atom. The molecule has 1 heterocycles. The predicted octanol–water partition coefficient (Wildman–Crippen LogP) is 2.71. The Kier molecular flexibility index (Phi) is 6.99. The van der Waals surface area contributed by atoms with Gasteiger partial charge in [-0.05, 0) is 37.0 Å². The third-order valence-corrected chi connectivity index (χ3v) is 3.49. The number of ether oxygens (including phenoxy) is 1. The van der Waals surface area contributed by atoms with Crippen LogP contribution in [-0.4, -0.2) is 36.5 Å². The van der Waals surface area contributed by atoms with Crippen molar-refractivity contribution in [3.05, 3.63) is 29.8 Å². The van der Waals surface area contributed by atoms with Gasteiger partial charge in [0.25, 0.3) is 5.91 Å². The molecule has 2 N–H and O–H groups in total. The standard InChI is InChI=1S/C16H24N2O2.ClH/c1-12(2)11-20-15-5-3-4-13(10-15)16(19)18-8-6-14(17)7-9-18;/h3-5,10,12,14H,6-9,11,17H2,1-2H3;1H. The lowest BCUT2D eigenvalue weighted by Crippen LogP contribution is -2.42. The van der Waals surface area contributed by atoms with Crippen LogP contribution in [0.25, 0.3) is 0 Å². The van der Waals surface area contributed by atoms with Gasteiger partial charge in [0.15, 0.2) is 0 Å². The summed E-state index contributed by atoms with van der Waals surface area (Å²) in [6, 6.07) is 7.68. The average Bonchev–Trinajstić information content (AvgIpc) is 2.45. The molecule has 4 nitrogen and oxygen atoms in total. The van der Waals surface area contributed by atoms with Crippen LogP contribution in [0.2, 0.25) is 0 Å². The molecule has 0 bridgehead atoms. The van der Waals surface area contributed by atoms with E-state index >= 15 is 0 Å². The Bertz CT molecular complexity index is 457. The Balaban J connectivity index is 0.00000220. The first-order valence-corrected chi connectivity index (χ1v) is 7.34. The summed E-state index contributed by atoms with van der Waals surface area (Å²) < 4.78 is 5.67. The highest BCUT2D eigenvalue weighted by Gasteiger charge is 2.21. The van der Waals surface area contributed by atoms with Gasteiger partial charge in [0.1, 0.15) is 5.75 Å². The minimum Gasteiger partial charge on any atom is -0.493 e. The highest BCUT2D eigenvalue weighted by Crippen LogP contribution is 2.18. The van der Waals surface area contributed by atoms with Crippen molar-refractivity contribution in [3.8, 4) is 5.75 Å². The summed E-state index contributed by atoms with van der Waals surface area (Å²) in [5.41, 5.74) is 6.57. The van der Waals surface area contributed by atoms with Crippen molar-refractivity contribution in [1.29, 1.82) is 0 Å². The van der Waals surface area contributed by atoms with E-state index in [1.165, 1.54) is 0 Å². The highest BCUT2D eigenvalue weighted by molar-refractivity contribution is 5.94. The third kappa shape index (κ3) is 5.21. The number of carbonyl (C=O) groups excluding carboxylic acids is 1. The molecule has 1 amide bonds. The molecule has 0 atom stereocenters. The van der Waals surface area contributed by atoms with Crippen LogP contribution in [0.4, 0.5) is 0 Å². The van der Waals surface area contributed by atoms with E-state index in [1.54, 1.807) is 0 Å². The zero-order valence-electron chi connectivity index (χ0n) is 12.7. The van der Waals surface area contributed by atoms with Crippen LogP contribution in [0.1, 0.15) is 37.0 Å². The van der Waals surface area contributed by atoms with Crippen molar-refractivity contribution < 1.29 is 9.53 Å². The smallest absolute Gasteiger partial charge is 0.253 e. The second-order valence-corrected chi connectivity index (χ2v) is 5.86. The van der Waals surface area contributed by atoms with Crippen molar-refractivity contribution in [1.82, 2.24) is 4.90 Å². The maximum Gasteiger partial charge on any atom is 0.253 e. The maximum absolute atomic E-state index is 12.4. The van der Waals surface area contributed by atoms with E-state index in [2.05, 4.69) is 13.8 Å². The fraction of sp³-hybridized carbons (Fsp3) is 0.562. The number of benzene rings is 1. The predicted molar refractivity (Wildman–Crippen MR) is 87.1 cm³/mol. The van der Waals surface area contributed by atoms with Gasteiger partial charge in [0.05, 0.1) is 6.61 Å². The molecule has 0 aromatic heterocycles. The summed E-state index contributed by atoms with van der Waals surface area (Å²) in [6.45, 7) is 6.36. The lowest BCUT2D eigenvalue weighted by atomic mass is 10.0. The van der Waals surface area contributed by atoms with Crippen LogP contribution in [0, 0.1) is 5.92 Å². The van der Waals surface area contributed by atoms with E-state index in [9.17, 15) is 4.79 Å². The van der Waals surface area contributed by atoms with Gasteiger partial charge in [-0.3, -0.25) is 4.79 Å². The molecule has 1 saturated heterocycles. The summed E-state index contributed by atoms with van der Waals surface area (Å²) in [4.78, 5) is 14.3. The molecule has 2 rings (SSSR count). The molecule has 21 heavy (non-hydrogen) atoms. The molecule has 0 aliphatic carbocycles. The Morgan fingerprint density at radius 3 is 2.67 bits per heavy atom. The highest BCUT2D eigenvalue weighted by atomic mass is 35.5. The fourth-order valence-corrected chi connectivity index (χ4v) is 2.27. The van der Waals surface area contributed by atoms with Gasteiger partial charge in [-0.15, -0.1) is 12.4 Å². The SMILES string of the molecule is CC(C)COc1cccc(C(=O)N2CCC(N)CC2)c1.Cl. The molecular weight excluding hydrogens is 288 g/mol. The summed E-state index contributed by atoms with van der Waals surface area (Å²) >= 11 is 0. The fourth-order valence-electron chi connectivity index (χ4n) is 2.27. The van der Waals surface area contributed by atoms with Crippen LogP contribution in [0.3, 0.4) is 0 Å². The molecule has 5 heteroatoms. The van der Waals surface area contributed by atoms with Crippen molar-refractivity contribution in [2.45, 2.75) is 32.7 Å². The van der Waals surface area contributed by atoms with Crippen LogP contribution in [-0.2, 0) is 0 Å². The van der Waals surface area contributed by atoms with Crippen LogP contribution in [0.15, 0.2) is 24.3 Å². The van der Waals surface area contributed by atoms with Crippen LogP contribution in [0.5, 0.6) is 5.75 Å². The number of rotatable bonds is 4. The van der Waals surface area contributed by atoms with Gasteiger partial charge in [0.2, 0.25) is 0 Å². The van der Waals surface area contributed by atoms with Crippen LogP contribution < -0.4 is 10.5 Å². The summed E-state index contributed by atoms with van der Waals surface area (Å²) in [6.07, 6.45) is 1.77. The molecule has 0 radical (unpaired) electrons. The van der Waals surface area contributed by atoms with Crippen LogP contribution >= 0.6 is 12.4 Å². The van der Waals surface area contributed by atoms with Crippen molar-refractivity contribution in [2.24, 2.45) is 11.7 Å². The summed E-state index contributed by atoms with van der Waals surface area (Å²) in [5.74, 6) is 1.31. The molecule has 1 fully saturated rings. The third-order valence-electron chi connectivity index (χ3n) is 3.49. The minimum atomic E-state index is 0. The average molecular weight is 313 g/mol. The molecule has 0 saturated carbocycles. The minimum absolute atomic E-state index is 0. The number of hydrogen-bond donors (Lipinski definition) is 1. The number of halogens is 1. The second-order valence-electron chi connectivity index (χ2n) is 5.86. The Labute approximate surface area is 133 Å². The molecule has 118 valence electrons. The van der Waals surface area contributed by atoms with Gasteiger partial charge < -0.3 is 15.4 Å². The first-order chi connectivity index (χ1) is 9.56. The van der Waals surface area contributed by atoms with Gasteiger partial charge in [0, 0.05) is 24.7 Å². The molecule has 1 aliphatic heterocycles. The molecule has 1 aromatic carbocycles. The van der Waals surface area contributed by atoms with E-state index in [4.69, 9.17) is 10.5 Å². The van der Waals surface area contributed by atoms with Gasteiger partial charge in [-0.25, -0.2) is 0 Å². The van der Waals surface area contributed by atoms with E-state index in [0.717, 1.165) is 31.7 Å². The normalized spacial score (nSPS) is 15.7. The molecule has 1 aromatic rings. The Morgan fingerprint density at radius 1 is 1.38 bits per heavy atom. The lowest BCUT2D eigenvalue weighted by molar-refractivity contribution is 0.0714. The first-order valence-electron chi connectivity index (χ1n) is 7.34. The van der Waals surface area contributed by atoms with Gasteiger partial charge in [-0.2, -0.15) is 0 Å². The number of hydrogen-bond acceptors (Lipinski definition) is 3. The van der Waals surface area contributed by atoms with Crippen molar-refractivity contribution in [2.75, 3.05) is 19.7 Å². The number of likely N-dealkylation sites (tertiary alicyclic amines) is 1. The monoisotopic (exact) mass is 312 g/mol. The maximum atomic E-state index is 12.4. The molecule has 1 aliphatic rings. The van der Waals surface area contributed by atoms with Crippen molar-refractivity contribution >= 4 is 18.3 Å². The van der Waals surface area contributed by atoms with Crippen molar-refractivity contribution in [3.63, 3.8) is 0 Å². The largest absolute Gasteiger partial charge is 0.493 e. The number of piperidine rings is 1. The van der Waals surface area contributed by atoms with Gasteiger partial charge in [-0.1, -0.05) is 19.9 Å². The number of amides is 1. The summed E-state index contributed by atoms with van der Waals surface area (Å²) in [7, 11) is 0. The lowest BCUT2D eigenvalue weighted by Gasteiger charge is -2.30. The van der Waals surface area contributed by atoms with E-state index in [0.29, 0.717) is 18.1 Å². The quantitative estimate of drug-likeness (QED) is 0.930. The second kappa shape index (κ2) is 8.25. The number of nitrogens with zero attached hydrogens (tertiary/aromatic N) is 1.